The van der Waals surface area contributed by atoms with Crippen LogP contribution in [0.4, 0.5) is 0 Å². The van der Waals surface area contributed by atoms with Gasteiger partial charge in [-0.2, -0.15) is 0 Å². The Morgan fingerprint density at radius 1 is 1.50 bits per heavy atom. The molecule has 0 amide bonds. The molecule has 96 valence electrons. The normalized spacial score (nSPS) is 21.3. The Bertz CT molecular complexity index is 499. The van der Waals surface area contributed by atoms with Crippen molar-refractivity contribution in [3.8, 4) is 0 Å². The summed E-state index contributed by atoms with van der Waals surface area (Å²) in [5, 5.41) is 9.34. The summed E-state index contributed by atoms with van der Waals surface area (Å²) in [5.41, 5.74) is 2.11. The van der Waals surface area contributed by atoms with Gasteiger partial charge in [-0.15, -0.1) is 16.4 Å². The first-order valence-electron chi connectivity index (χ1n) is 5.82. The predicted octanol–water partition coefficient (Wildman–Crippen LogP) is 1.88. The summed E-state index contributed by atoms with van der Waals surface area (Å²) in [7, 11) is 0. The van der Waals surface area contributed by atoms with Gasteiger partial charge in [0.05, 0.1) is 24.9 Å². The number of morpholine rings is 1. The molecule has 2 aromatic heterocycles. The summed E-state index contributed by atoms with van der Waals surface area (Å²) in [6, 6.07) is 0.249. The number of rotatable bonds is 3. The van der Waals surface area contributed by atoms with Crippen LogP contribution in [0.2, 0.25) is 0 Å². The van der Waals surface area contributed by atoms with E-state index in [9.17, 15) is 0 Å². The van der Waals surface area contributed by atoms with Crippen LogP contribution in [0.5, 0.6) is 0 Å². The van der Waals surface area contributed by atoms with Crippen LogP contribution in [0.15, 0.2) is 10.8 Å². The largest absolute Gasteiger partial charge is 0.378 e. The molecule has 0 radical (unpaired) electrons. The number of ether oxygens (including phenoxy) is 1. The molecular weight excluding hydrogens is 268 g/mol. The highest BCUT2D eigenvalue weighted by Gasteiger charge is 2.27. The smallest absolute Gasteiger partial charge is 0.112 e. The SMILES string of the molecule is Cc1csc(C2COCCN2Cc2csnn2)n1. The van der Waals surface area contributed by atoms with Gasteiger partial charge in [-0.25, -0.2) is 4.98 Å². The Morgan fingerprint density at radius 2 is 2.44 bits per heavy atom. The van der Waals surface area contributed by atoms with Gasteiger partial charge in [0.1, 0.15) is 5.01 Å². The van der Waals surface area contributed by atoms with Crippen LogP contribution >= 0.6 is 22.9 Å². The second kappa shape index (κ2) is 5.40. The molecule has 7 heteroatoms. The van der Waals surface area contributed by atoms with E-state index in [2.05, 4.69) is 24.9 Å². The van der Waals surface area contributed by atoms with Crippen molar-refractivity contribution in [1.82, 2.24) is 19.5 Å². The zero-order valence-electron chi connectivity index (χ0n) is 10.1. The molecule has 1 atom stereocenters. The number of aryl methyl sites for hydroxylation is 1. The minimum atomic E-state index is 0.249. The maximum atomic E-state index is 5.59. The van der Waals surface area contributed by atoms with Crippen molar-refractivity contribution in [2.24, 2.45) is 0 Å². The molecule has 0 spiro atoms. The van der Waals surface area contributed by atoms with E-state index in [0.29, 0.717) is 6.61 Å². The first-order valence-corrected chi connectivity index (χ1v) is 7.54. The van der Waals surface area contributed by atoms with Gasteiger partial charge in [-0.1, -0.05) is 4.49 Å². The molecule has 1 fully saturated rings. The molecule has 18 heavy (non-hydrogen) atoms. The highest BCUT2D eigenvalue weighted by atomic mass is 32.1. The Balaban J connectivity index is 1.77. The van der Waals surface area contributed by atoms with Gasteiger partial charge in [-0.3, -0.25) is 4.90 Å². The average molecular weight is 282 g/mol. The Hall–Kier alpha value is -0.890. The van der Waals surface area contributed by atoms with Crippen molar-refractivity contribution < 1.29 is 4.74 Å². The molecule has 1 aliphatic rings. The van der Waals surface area contributed by atoms with Crippen molar-refractivity contribution in [2.75, 3.05) is 19.8 Å². The minimum absolute atomic E-state index is 0.249. The van der Waals surface area contributed by atoms with Gasteiger partial charge in [-0.05, 0) is 18.5 Å². The van der Waals surface area contributed by atoms with E-state index in [1.807, 2.05) is 12.3 Å². The fourth-order valence-electron chi connectivity index (χ4n) is 2.04. The van der Waals surface area contributed by atoms with Gasteiger partial charge in [0.2, 0.25) is 0 Å². The second-order valence-electron chi connectivity index (χ2n) is 4.28. The van der Waals surface area contributed by atoms with Gasteiger partial charge in [0.25, 0.3) is 0 Å². The van der Waals surface area contributed by atoms with Crippen molar-refractivity contribution in [3.63, 3.8) is 0 Å². The number of thiazole rings is 1. The lowest BCUT2D eigenvalue weighted by molar-refractivity contribution is -0.0133. The van der Waals surface area contributed by atoms with Gasteiger partial charge in [0, 0.05) is 29.5 Å². The molecule has 1 saturated heterocycles. The van der Waals surface area contributed by atoms with Crippen molar-refractivity contribution >= 4 is 22.9 Å². The number of hydrogen-bond acceptors (Lipinski definition) is 7. The lowest BCUT2D eigenvalue weighted by Gasteiger charge is -2.33. The third kappa shape index (κ3) is 2.59. The average Bonchev–Trinajstić information content (AvgIpc) is 3.02. The summed E-state index contributed by atoms with van der Waals surface area (Å²) in [6.45, 7) is 5.26. The highest BCUT2D eigenvalue weighted by Crippen LogP contribution is 2.28. The summed E-state index contributed by atoms with van der Waals surface area (Å²) in [6.07, 6.45) is 0. The van der Waals surface area contributed by atoms with Gasteiger partial charge < -0.3 is 4.74 Å². The molecule has 3 heterocycles. The molecule has 0 bridgehead atoms. The number of hydrogen-bond donors (Lipinski definition) is 0. The maximum Gasteiger partial charge on any atom is 0.112 e. The Morgan fingerprint density at radius 3 is 3.17 bits per heavy atom. The van der Waals surface area contributed by atoms with Crippen LogP contribution in [0, 0.1) is 6.92 Å². The highest BCUT2D eigenvalue weighted by molar-refractivity contribution is 7.09. The molecule has 2 aromatic rings. The summed E-state index contributed by atoms with van der Waals surface area (Å²) >= 11 is 3.10. The molecule has 1 aliphatic heterocycles. The van der Waals surface area contributed by atoms with Crippen molar-refractivity contribution in [2.45, 2.75) is 19.5 Å². The fraction of sp³-hybridized carbons (Fsp3) is 0.545. The van der Waals surface area contributed by atoms with Crippen LogP contribution in [0.25, 0.3) is 0 Å². The lowest BCUT2D eigenvalue weighted by Crippen LogP contribution is -2.39. The van der Waals surface area contributed by atoms with E-state index >= 15 is 0 Å². The van der Waals surface area contributed by atoms with Crippen LogP contribution in [-0.2, 0) is 11.3 Å². The van der Waals surface area contributed by atoms with Crippen LogP contribution in [-0.4, -0.2) is 39.2 Å². The van der Waals surface area contributed by atoms with Gasteiger partial charge in [0.15, 0.2) is 0 Å². The Labute approximate surface area is 114 Å². The molecule has 0 aromatic carbocycles. The monoisotopic (exact) mass is 282 g/mol. The van der Waals surface area contributed by atoms with Crippen LogP contribution in [0.3, 0.4) is 0 Å². The van der Waals surface area contributed by atoms with Crippen molar-refractivity contribution in [1.29, 1.82) is 0 Å². The lowest BCUT2D eigenvalue weighted by atomic mass is 10.2. The van der Waals surface area contributed by atoms with E-state index < -0.39 is 0 Å². The molecule has 0 aliphatic carbocycles. The van der Waals surface area contributed by atoms with E-state index in [4.69, 9.17) is 4.74 Å². The van der Waals surface area contributed by atoms with Crippen molar-refractivity contribution in [3.05, 3.63) is 27.2 Å². The third-order valence-corrected chi connectivity index (χ3v) is 4.55. The number of aromatic nitrogens is 3. The minimum Gasteiger partial charge on any atom is -0.378 e. The molecule has 1 unspecified atom stereocenters. The topological polar surface area (TPSA) is 51.1 Å². The second-order valence-corrected chi connectivity index (χ2v) is 5.78. The van der Waals surface area contributed by atoms with E-state index in [0.717, 1.165) is 36.1 Å². The summed E-state index contributed by atoms with van der Waals surface area (Å²) in [5.74, 6) is 0. The maximum absolute atomic E-state index is 5.59. The van der Waals surface area contributed by atoms with Crippen LogP contribution < -0.4 is 0 Å². The standard InChI is InChI=1S/C11H14N4OS2/c1-8-6-17-11(12-8)10-5-16-3-2-15(10)4-9-7-18-14-13-9/h6-7,10H,2-5H2,1H3. The summed E-state index contributed by atoms with van der Waals surface area (Å²) in [4.78, 5) is 6.95. The van der Waals surface area contributed by atoms with E-state index in [1.165, 1.54) is 11.5 Å². The zero-order valence-corrected chi connectivity index (χ0v) is 11.7. The zero-order chi connectivity index (χ0) is 12.4. The third-order valence-electron chi connectivity index (χ3n) is 2.93. The van der Waals surface area contributed by atoms with Gasteiger partial charge >= 0.3 is 0 Å². The van der Waals surface area contributed by atoms with Crippen LogP contribution in [0.1, 0.15) is 22.4 Å². The first-order chi connectivity index (χ1) is 8.83. The molecule has 0 N–H and O–H groups in total. The number of nitrogens with zero attached hydrogens (tertiary/aromatic N) is 4. The molecular formula is C11H14N4OS2. The summed E-state index contributed by atoms with van der Waals surface area (Å²) < 4.78 is 9.50. The van der Waals surface area contributed by atoms with E-state index in [-0.39, 0.29) is 6.04 Å². The molecule has 5 nitrogen and oxygen atoms in total. The molecule has 3 rings (SSSR count). The molecule has 0 saturated carbocycles. The fourth-order valence-corrected chi connectivity index (χ4v) is 3.40. The predicted molar refractivity (Wildman–Crippen MR) is 70.7 cm³/mol. The Kier molecular flexibility index (Phi) is 3.64. The first kappa shape index (κ1) is 12.2. The quantitative estimate of drug-likeness (QED) is 0.860. The van der Waals surface area contributed by atoms with E-state index in [1.54, 1.807) is 11.3 Å².